The van der Waals surface area contributed by atoms with E-state index in [-0.39, 0.29) is 23.2 Å². The van der Waals surface area contributed by atoms with Gasteiger partial charge in [0.2, 0.25) is 0 Å². The molecule has 1 aliphatic carbocycles. The maximum absolute atomic E-state index is 13.9. The van der Waals surface area contributed by atoms with Crippen LogP contribution in [0.5, 0.6) is 23.0 Å². The van der Waals surface area contributed by atoms with E-state index in [1.807, 2.05) is 24.3 Å². The molecule has 2 N–H and O–H groups in total. The molecule has 0 radical (unpaired) electrons. The number of benzene rings is 4. The molecule has 3 atom stereocenters. The topological polar surface area (TPSA) is 104 Å². The molecule has 1 heterocycles. The first-order valence-corrected chi connectivity index (χ1v) is 16.0. The average molecular weight is 674 g/mol. The van der Waals surface area contributed by atoms with Gasteiger partial charge in [0.25, 0.3) is 0 Å². The van der Waals surface area contributed by atoms with Crippen LogP contribution >= 0.6 is 0 Å². The zero-order valence-electron chi connectivity index (χ0n) is 28.0. The van der Waals surface area contributed by atoms with Crippen molar-refractivity contribution in [2.24, 2.45) is 5.73 Å². The number of likely N-dealkylation sites (N-methyl/N-ethyl adjacent to an activating group) is 1. The molecule has 11 heteroatoms. The van der Waals surface area contributed by atoms with Crippen molar-refractivity contribution in [1.29, 1.82) is 0 Å². The second-order valence-corrected chi connectivity index (χ2v) is 12.1. The second kappa shape index (κ2) is 15.4. The maximum Gasteiger partial charge on any atom is 0.343 e. The molecular weight excluding hydrogens is 632 g/mol. The van der Waals surface area contributed by atoms with E-state index in [1.165, 1.54) is 23.6 Å². The lowest BCUT2D eigenvalue weighted by molar-refractivity contribution is 0.0729. The SMILES string of the molecule is COc1ccc([C@@]23CC[C@@H](N(C(N)=O)c4ccc(F)c(F)c4)C[C@@H]2N(C)CC3)cc1OC.COc1ccccc1OC(=O)c1ccccc1. The van der Waals surface area contributed by atoms with Crippen LogP contribution < -0.4 is 29.6 Å². The Morgan fingerprint density at radius 1 is 0.796 bits per heavy atom. The molecule has 2 amide bonds. The number of fused-ring (bicyclic) bond motifs is 1. The highest BCUT2D eigenvalue weighted by atomic mass is 19.2. The summed E-state index contributed by atoms with van der Waals surface area (Å²) in [6, 6.07) is 24.7. The summed E-state index contributed by atoms with van der Waals surface area (Å²) in [5.74, 6) is -0.0133. The van der Waals surface area contributed by atoms with Crippen LogP contribution in [0, 0.1) is 11.6 Å². The fraction of sp³-hybridized carbons (Fsp3) is 0.316. The van der Waals surface area contributed by atoms with Gasteiger partial charge in [-0.3, -0.25) is 4.90 Å². The molecule has 1 saturated heterocycles. The second-order valence-electron chi connectivity index (χ2n) is 12.1. The van der Waals surface area contributed by atoms with E-state index < -0.39 is 23.6 Å². The highest BCUT2D eigenvalue weighted by Crippen LogP contribution is 2.51. The number of amides is 2. The number of hydrogen-bond donors (Lipinski definition) is 1. The molecule has 4 aromatic carbocycles. The Morgan fingerprint density at radius 3 is 2.10 bits per heavy atom. The van der Waals surface area contributed by atoms with Crippen LogP contribution in [-0.2, 0) is 5.41 Å². The van der Waals surface area contributed by atoms with Crippen molar-refractivity contribution in [3.63, 3.8) is 0 Å². The van der Waals surface area contributed by atoms with E-state index in [2.05, 4.69) is 18.0 Å². The van der Waals surface area contributed by atoms with Crippen LogP contribution in [-0.4, -0.2) is 63.9 Å². The molecule has 49 heavy (non-hydrogen) atoms. The van der Waals surface area contributed by atoms with Gasteiger partial charge in [0, 0.05) is 29.3 Å². The van der Waals surface area contributed by atoms with Gasteiger partial charge in [-0.2, -0.15) is 0 Å². The first kappa shape index (κ1) is 35.2. The van der Waals surface area contributed by atoms with Gasteiger partial charge in [0.05, 0.1) is 26.9 Å². The molecule has 9 nitrogen and oxygen atoms in total. The van der Waals surface area contributed by atoms with E-state index in [4.69, 9.17) is 24.7 Å². The Kier molecular flexibility index (Phi) is 11.0. The van der Waals surface area contributed by atoms with Gasteiger partial charge in [-0.1, -0.05) is 36.4 Å². The Morgan fingerprint density at radius 2 is 1.45 bits per heavy atom. The monoisotopic (exact) mass is 673 g/mol. The first-order chi connectivity index (χ1) is 23.6. The highest BCUT2D eigenvalue weighted by molar-refractivity contribution is 5.92. The summed E-state index contributed by atoms with van der Waals surface area (Å²) < 4.78 is 48.6. The third-order valence-electron chi connectivity index (χ3n) is 9.52. The Labute approximate surface area is 285 Å². The first-order valence-electron chi connectivity index (χ1n) is 16.0. The minimum absolute atomic E-state index is 0.0951. The largest absolute Gasteiger partial charge is 0.493 e. The predicted octanol–water partition coefficient (Wildman–Crippen LogP) is 6.98. The number of carbonyl (C=O) groups is 2. The zero-order chi connectivity index (χ0) is 35.1. The fourth-order valence-electron chi connectivity index (χ4n) is 7.07. The third kappa shape index (κ3) is 7.46. The van der Waals surface area contributed by atoms with Gasteiger partial charge in [0.1, 0.15) is 0 Å². The molecule has 0 aromatic heterocycles. The highest BCUT2D eigenvalue weighted by Gasteiger charge is 2.51. The summed E-state index contributed by atoms with van der Waals surface area (Å²) >= 11 is 0. The van der Waals surface area contributed by atoms with Crippen molar-refractivity contribution in [1.82, 2.24) is 4.90 Å². The van der Waals surface area contributed by atoms with E-state index in [1.54, 1.807) is 56.7 Å². The van der Waals surface area contributed by atoms with E-state index >= 15 is 0 Å². The number of primary amides is 1. The van der Waals surface area contributed by atoms with E-state index in [0.717, 1.165) is 31.5 Å². The summed E-state index contributed by atoms with van der Waals surface area (Å²) in [5, 5.41) is 0. The van der Waals surface area contributed by atoms with Crippen molar-refractivity contribution in [2.45, 2.75) is 43.2 Å². The number of nitrogens with two attached hydrogens (primary N) is 1. The van der Waals surface area contributed by atoms with Gasteiger partial charge in [0.15, 0.2) is 34.6 Å². The number of nitrogens with zero attached hydrogens (tertiary/aromatic N) is 2. The molecule has 2 fully saturated rings. The summed E-state index contributed by atoms with van der Waals surface area (Å²) in [4.78, 5) is 27.9. The van der Waals surface area contributed by atoms with Crippen molar-refractivity contribution >= 4 is 17.7 Å². The van der Waals surface area contributed by atoms with Crippen molar-refractivity contribution in [3.8, 4) is 23.0 Å². The van der Waals surface area contributed by atoms with E-state index in [9.17, 15) is 18.4 Å². The number of anilines is 1. The van der Waals surface area contributed by atoms with Crippen molar-refractivity contribution < 1.29 is 37.3 Å². The van der Waals surface area contributed by atoms with Gasteiger partial charge in [-0.15, -0.1) is 0 Å². The number of rotatable bonds is 8. The van der Waals surface area contributed by atoms with Crippen LogP contribution in [0.1, 0.15) is 41.6 Å². The van der Waals surface area contributed by atoms with Gasteiger partial charge in [-0.25, -0.2) is 18.4 Å². The lowest BCUT2D eigenvalue weighted by atomic mass is 9.64. The molecule has 4 aromatic rings. The number of likely N-dealkylation sites (tertiary alicyclic amines) is 1. The lowest BCUT2D eigenvalue weighted by Crippen LogP contribution is -2.54. The van der Waals surface area contributed by atoms with Crippen LogP contribution in [0.25, 0.3) is 0 Å². The van der Waals surface area contributed by atoms with Gasteiger partial charge < -0.3 is 29.6 Å². The molecule has 0 spiro atoms. The number of hydrogen-bond acceptors (Lipinski definition) is 7. The van der Waals surface area contributed by atoms with Gasteiger partial charge in [-0.05, 0) is 93.4 Å². The summed E-state index contributed by atoms with van der Waals surface area (Å²) in [6.07, 6.45) is 3.18. The Hall–Kier alpha value is -5.16. The number of para-hydroxylation sites is 2. The van der Waals surface area contributed by atoms with Crippen LogP contribution in [0.3, 0.4) is 0 Å². The molecule has 1 saturated carbocycles. The molecule has 258 valence electrons. The average Bonchev–Trinajstić information content (AvgIpc) is 3.46. The zero-order valence-corrected chi connectivity index (χ0v) is 28.0. The fourth-order valence-corrected chi connectivity index (χ4v) is 7.07. The number of urea groups is 1. The lowest BCUT2D eigenvalue weighted by Gasteiger charge is -2.47. The van der Waals surface area contributed by atoms with Crippen molar-refractivity contribution in [2.75, 3.05) is 39.8 Å². The van der Waals surface area contributed by atoms with E-state index in [0.29, 0.717) is 41.4 Å². The summed E-state index contributed by atoms with van der Waals surface area (Å²) in [6.45, 7) is 0.924. The molecular formula is C38H41F2N3O6. The van der Waals surface area contributed by atoms with Crippen LogP contribution in [0.2, 0.25) is 0 Å². The number of halogens is 2. The normalized spacial score (nSPS) is 19.9. The summed E-state index contributed by atoms with van der Waals surface area (Å²) in [7, 11) is 6.86. The third-order valence-corrected chi connectivity index (χ3v) is 9.52. The smallest absolute Gasteiger partial charge is 0.343 e. The minimum atomic E-state index is -0.998. The van der Waals surface area contributed by atoms with Gasteiger partial charge >= 0.3 is 12.0 Å². The molecule has 1 aliphatic heterocycles. The molecule has 0 bridgehead atoms. The quantitative estimate of drug-likeness (QED) is 0.159. The van der Waals surface area contributed by atoms with Crippen LogP contribution in [0.4, 0.5) is 19.3 Å². The number of carbonyl (C=O) groups excluding carboxylic acids is 2. The summed E-state index contributed by atoms with van der Waals surface area (Å²) in [5.41, 5.74) is 7.58. The number of ether oxygens (including phenoxy) is 4. The number of methoxy groups -OCH3 is 3. The van der Waals surface area contributed by atoms with Crippen LogP contribution in [0.15, 0.2) is 91.0 Å². The van der Waals surface area contributed by atoms with Crippen molar-refractivity contribution in [3.05, 3.63) is 114 Å². The Bertz CT molecular complexity index is 1770. The molecule has 2 aliphatic rings. The predicted molar refractivity (Wildman–Crippen MR) is 183 cm³/mol. The molecule has 6 rings (SSSR count). The maximum atomic E-state index is 13.9. The standard InChI is InChI=1S/C24H29F2N3O3.C14H12O3/c1-28-11-10-24(15-4-7-20(31-2)21(12-15)32-3)9-8-17(14-22(24)28)29(23(27)30)16-5-6-18(25)19(26)13-16;1-16-12-9-5-6-10-13(12)17-14(15)11-7-3-2-4-8-11/h4-7,12-13,17,22H,8-11,14H2,1-3H3,(H2,27,30);2-10H,1H3/t17-,22+,24+;/m1./s1. The Balaban J connectivity index is 0.000000232. The minimum Gasteiger partial charge on any atom is -0.493 e. The molecule has 0 unspecified atom stereocenters. The number of esters is 1.